The van der Waals surface area contributed by atoms with Gasteiger partial charge in [-0.1, -0.05) is 0 Å². The smallest absolute Gasteiger partial charge is 0.344 e. The van der Waals surface area contributed by atoms with Gasteiger partial charge in [-0.2, -0.15) is 5.26 Å². The van der Waals surface area contributed by atoms with Gasteiger partial charge in [-0.25, -0.2) is 9.59 Å². The molecule has 0 fully saturated rings. The van der Waals surface area contributed by atoms with Crippen molar-refractivity contribution in [3.8, 4) is 11.8 Å². The molecule has 0 atom stereocenters. The van der Waals surface area contributed by atoms with Gasteiger partial charge in [-0.05, 0) is 36.4 Å². The van der Waals surface area contributed by atoms with Crippen LogP contribution in [-0.4, -0.2) is 31.1 Å². The molecule has 0 aliphatic rings. The summed E-state index contributed by atoms with van der Waals surface area (Å²) >= 11 is 0. The first kappa shape index (κ1) is 18.5. The largest absolute Gasteiger partial charge is 0.482 e. The Hall–Kier alpha value is -3.80. The van der Waals surface area contributed by atoms with E-state index in [4.69, 9.17) is 19.2 Å². The number of esters is 1. The van der Waals surface area contributed by atoms with E-state index in [1.54, 1.807) is 12.1 Å². The van der Waals surface area contributed by atoms with Crippen molar-refractivity contribution in [3.05, 3.63) is 54.0 Å². The van der Waals surface area contributed by atoms with E-state index in [1.165, 1.54) is 30.5 Å². The number of amides is 3. The van der Waals surface area contributed by atoms with Crippen molar-refractivity contribution in [2.45, 2.75) is 6.54 Å². The molecule has 9 heteroatoms. The summed E-state index contributed by atoms with van der Waals surface area (Å²) in [5.74, 6) is -0.657. The first-order valence-electron chi connectivity index (χ1n) is 7.45. The number of furan rings is 1. The molecule has 2 rings (SSSR count). The number of hydrogen-bond donors (Lipinski definition) is 2. The fraction of sp³-hybridized carbons (Fsp3) is 0.176. The number of benzene rings is 1. The van der Waals surface area contributed by atoms with Gasteiger partial charge in [0.15, 0.2) is 13.2 Å². The number of nitriles is 1. The topological polar surface area (TPSA) is 131 Å². The molecule has 2 aromatic rings. The molecule has 1 aromatic heterocycles. The molecular weight excluding hydrogens is 342 g/mol. The lowest BCUT2D eigenvalue weighted by Crippen LogP contribution is -2.41. The summed E-state index contributed by atoms with van der Waals surface area (Å²) in [6.45, 7) is -0.919. The molecule has 134 valence electrons. The number of hydrogen-bond acceptors (Lipinski definition) is 7. The molecule has 0 unspecified atom stereocenters. The third-order valence-electron chi connectivity index (χ3n) is 2.96. The van der Waals surface area contributed by atoms with Crippen molar-refractivity contribution in [3.63, 3.8) is 0 Å². The Labute approximate surface area is 148 Å². The Bertz CT molecular complexity index is 793. The molecule has 0 saturated heterocycles. The van der Waals surface area contributed by atoms with E-state index < -0.39 is 31.1 Å². The second-order valence-electron chi connectivity index (χ2n) is 4.90. The number of imide groups is 1. The van der Waals surface area contributed by atoms with Crippen molar-refractivity contribution in [2.24, 2.45) is 0 Å². The fourth-order valence-electron chi connectivity index (χ4n) is 1.74. The number of carbonyl (C=O) groups is 3. The Morgan fingerprint density at radius 3 is 2.54 bits per heavy atom. The molecule has 0 saturated carbocycles. The zero-order valence-electron chi connectivity index (χ0n) is 13.6. The molecule has 0 aliphatic carbocycles. The first-order valence-corrected chi connectivity index (χ1v) is 7.45. The van der Waals surface area contributed by atoms with E-state index in [9.17, 15) is 14.4 Å². The van der Waals surface area contributed by atoms with Crippen molar-refractivity contribution in [1.29, 1.82) is 5.26 Å². The number of urea groups is 1. The van der Waals surface area contributed by atoms with Gasteiger partial charge in [-0.15, -0.1) is 0 Å². The van der Waals surface area contributed by atoms with Crippen LogP contribution in [0.1, 0.15) is 11.3 Å². The minimum Gasteiger partial charge on any atom is -0.482 e. The van der Waals surface area contributed by atoms with Crippen LogP contribution in [0.3, 0.4) is 0 Å². The van der Waals surface area contributed by atoms with Gasteiger partial charge in [0.25, 0.3) is 5.91 Å². The SMILES string of the molecule is N#Cc1ccc(OCC(=O)OCC(=O)NC(=O)NCc2ccco2)cc1. The Balaban J connectivity index is 1.62. The first-order chi connectivity index (χ1) is 12.6. The molecule has 9 nitrogen and oxygen atoms in total. The second-order valence-corrected chi connectivity index (χ2v) is 4.90. The summed E-state index contributed by atoms with van der Waals surface area (Å²) in [6.07, 6.45) is 1.46. The lowest BCUT2D eigenvalue weighted by molar-refractivity contribution is -0.150. The summed E-state index contributed by atoms with van der Waals surface area (Å²) in [7, 11) is 0. The highest BCUT2D eigenvalue weighted by Crippen LogP contribution is 2.11. The van der Waals surface area contributed by atoms with Crippen molar-refractivity contribution in [1.82, 2.24) is 10.6 Å². The van der Waals surface area contributed by atoms with Crippen LogP contribution in [0.5, 0.6) is 5.75 Å². The summed E-state index contributed by atoms with van der Waals surface area (Å²) in [5, 5.41) is 13.1. The van der Waals surface area contributed by atoms with Crippen LogP contribution in [-0.2, 0) is 20.9 Å². The quantitative estimate of drug-likeness (QED) is 0.709. The van der Waals surface area contributed by atoms with Gasteiger partial charge in [0.2, 0.25) is 0 Å². The van der Waals surface area contributed by atoms with Gasteiger partial charge in [-0.3, -0.25) is 10.1 Å². The lowest BCUT2D eigenvalue weighted by atomic mass is 10.2. The van der Waals surface area contributed by atoms with Crippen molar-refractivity contribution in [2.75, 3.05) is 13.2 Å². The molecule has 0 radical (unpaired) electrons. The van der Waals surface area contributed by atoms with Crippen molar-refractivity contribution >= 4 is 17.9 Å². The van der Waals surface area contributed by atoms with Crippen molar-refractivity contribution < 1.29 is 28.3 Å². The third-order valence-corrected chi connectivity index (χ3v) is 2.96. The van der Waals surface area contributed by atoms with Crippen LogP contribution in [0.15, 0.2) is 47.1 Å². The molecule has 1 aromatic carbocycles. The van der Waals surface area contributed by atoms with E-state index in [-0.39, 0.29) is 6.54 Å². The molecule has 0 bridgehead atoms. The average Bonchev–Trinajstić information content (AvgIpc) is 3.17. The van der Waals surface area contributed by atoms with Crippen LogP contribution in [0, 0.1) is 11.3 Å². The average molecular weight is 357 g/mol. The number of carbonyl (C=O) groups excluding carboxylic acids is 3. The van der Waals surface area contributed by atoms with E-state index in [2.05, 4.69) is 5.32 Å². The van der Waals surface area contributed by atoms with Gasteiger partial charge in [0.05, 0.1) is 24.4 Å². The van der Waals surface area contributed by atoms with Gasteiger partial charge in [0.1, 0.15) is 11.5 Å². The normalized spacial score (nSPS) is 9.65. The van der Waals surface area contributed by atoms with Crippen LogP contribution >= 0.6 is 0 Å². The van der Waals surface area contributed by atoms with Gasteiger partial charge >= 0.3 is 12.0 Å². The summed E-state index contributed by atoms with van der Waals surface area (Å²) in [5.41, 5.74) is 0.460. The van der Waals surface area contributed by atoms with E-state index in [1.807, 2.05) is 11.4 Å². The molecule has 1 heterocycles. The number of rotatable bonds is 7. The lowest BCUT2D eigenvalue weighted by Gasteiger charge is -2.08. The number of ether oxygens (including phenoxy) is 2. The maximum Gasteiger partial charge on any atom is 0.344 e. The molecule has 0 spiro atoms. The standard InChI is InChI=1S/C17H15N3O6/c18-8-12-3-5-13(6-4-12)25-11-16(22)26-10-15(21)20-17(23)19-9-14-2-1-7-24-14/h1-7H,9-11H2,(H2,19,20,21,23). The maximum atomic E-state index is 11.5. The monoisotopic (exact) mass is 357 g/mol. The number of nitrogens with one attached hydrogen (secondary N) is 2. The predicted molar refractivity (Wildman–Crippen MR) is 86.7 cm³/mol. The molecule has 3 amide bonds. The summed E-state index contributed by atoms with van der Waals surface area (Å²) in [4.78, 5) is 34.5. The fourth-order valence-corrected chi connectivity index (χ4v) is 1.74. The zero-order chi connectivity index (χ0) is 18.8. The highest BCUT2D eigenvalue weighted by atomic mass is 16.6. The minimum absolute atomic E-state index is 0.115. The Morgan fingerprint density at radius 2 is 1.88 bits per heavy atom. The molecular formula is C17H15N3O6. The molecule has 26 heavy (non-hydrogen) atoms. The highest BCUT2D eigenvalue weighted by molar-refractivity contribution is 5.95. The van der Waals surface area contributed by atoms with Crippen LogP contribution < -0.4 is 15.4 Å². The molecule has 0 aliphatic heterocycles. The Morgan fingerprint density at radius 1 is 1.12 bits per heavy atom. The second kappa shape index (κ2) is 9.48. The maximum absolute atomic E-state index is 11.5. The highest BCUT2D eigenvalue weighted by Gasteiger charge is 2.11. The molecule has 2 N–H and O–H groups in total. The summed E-state index contributed by atoms with van der Waals surface area (Å²) < 4.78 is 14.9. The van der Waals surface area contributed by atoms with Gasteiger partial charge in [0, 0.05) is 0 Å². The zero-order valence-corrected chi connectivity index (χ0v) is 13.6. The van der Waals surface area contributed by atoms with Crippen LogP contribution in [0.2, 0.25) is 0 Å². The van der Waals surface area contributed by atoms with E-state index in [0.717, 1.165) is 0 Å². The number of nitrogens with zero attached hydrogens (tertiary/aromatic N) is 1. The van der Waals surface area contributed by atoms with Crippen LogP contribution in [0.4, 0.5) is 4.79 Å². The van der Waals surface area contributed by atoms with Gasteiger partial charge < -0.3 is 19.2 Å². The van der Waals surface area contributed by atoms with E-state index in [0.29, 0.717) is 17.1 Å². The minimum atomic E-state index is -0.784. The van der Waals surface area contributed by atoms with E-state index >= 15 is 0 Å². The summed E-state index contributed by atoms with van der Waals surface area (Å²) in [6, 6.07) is 10.7. The third kappa shape index (κ3) is 6.37. The van der Waals surface area contributed by atoms with Crippen LogP contribution in [0.25, 0.3) is 0 Å². The predicted octanol–water partition coefficient (Wildman–Crippen LogP) is 1.10. The Kier molecular flexibility index (Phi) is 6.76.